The molecule has 174 valence electrons. The largest absolute Gasteiger partial charge is 0.423 e. The highest BCUT2D eigenvalue weighted by Crippen LogP contribution is 2.40. The standard InChI is InChI=1S/C24H30ClN7O/c1-15(2)11-32-24(33-20-7-5-4-6-19(20)25)29-23(30-32)28-22-17-8-9-18(22)13-31(12-17)21-10-16(3)26-14-27-21/h4-7,10,14-15,17-18,22H,8-9,11-13H2,1-3H3,(H,28,30)/t17-,18+,22+. The maximum absolute atomic E-state index is 6.30. The number of aryl methyl sites for hydroxylation is 1. The van der Waals surface area contributed by atoms with Crippen LogP contribution in [0, 0.1) is 24.7 Å². The van der Waals surface area contributed by atoms with E-state index in [1.54, 1.807) is 6.33 Å². The van der Waals surface area contributed by atoms with E-state index >= 15 is 0 Å². The third-order valence-corrected chi connectivity index (χ3v) is 6.77. The van der Waals surface area contributed by atoms with Gasteiger partial charge in [0.15, 0.2) is 0 Å². The third kappa shape index (κ3) is 4.76. The predicted molar refractivity (Wildman–Crippen MR) is 129 cm³/mol. The highest BCUT2D eigenvalue weighted by molar-refractivity contribution is 6.32. The van der Waals surface area contributed by atoms with Gasteiger partial charge in [0.05, 0.1) is 5.02 Å². The molecule has 3 aromatic rings. The molecule has 1 aromatic carbocycles. The van der Waals surface area contributed by atoms with E-state index in [0.29, 0.717) is 53.1 Å². The smallest absolute Gasteiger partial charge is 0.322 e. The SMILES string of the molecule is Cc1cc(N2C[C@H]3CC[C@@H](C2)[C@H]3Nc2nc(Oc3ccccc3Cl)n(CC(C)C)n2)ncn1. The van der Waals surface area contributed by atoms with Crippen molar-refractivity contribution >= 4 is 23.4 Å². The summed E-state index contributed by atoms with van der Waals surface area (Å²) in [6.45, 7) is 8.97. The lowest BCUT2D eigenvalue weighted by molar-refractivity contribution is 0.370. The molecule has 3 atom stereocenters. The Morgan fingerprint density at radius 1 is 1.15 bits per heavy atom. The first-order valence-electron chi connectivity index (χ1n) is 11.6. The second kappa shape index (κ2) is 9.17. The zero-order valence-corrected chi connectivity index (χ0v) is 20.0. The topological polar surface area (TPSA) is 81.0 Å². The molecule has 0 unspecified atom stereocenters. The van der Waals surface area contributed by atoms with Crippen molar-refractivity contribution in [3.05, 3.63) is 47.4 Å². The molecular weight excluding hydrogens is 438 g/mol. The minimum Gasteiger partial charge on any atom is -0.423 e. The molecule has 0 amide bonds. The number of anilines is 2. The molecule has 1 saturated carbocycles. The van der Waals surface area contributed by atoms with Crippen LogP contribution in [0.4, 0.5) is 11.8 Å². The summed E-state index contributed by atoms with van der Waals surface area (Å²) in [6.07, 6.45) is 4.04. The fourth-order valence-electron chi connectivity index (χ4n) is 4.96. The molecule has 33 heavy (non-hydrogen) atoms. The molecule has 2 aliphatic rings. The lowest BCUT2D eigenvalue weighted by Crippen LogP contribution is -2.48. The number of nitrogens with zero attached hydrogens (tertiary/aromatic N) is 6. The van der Waals surface area contributed by atoms with E-state index in [1.165, 1.54) is 12.8 Å². The summed E-state index contributed by atoms with van der Waals surface area (Å²) in [5, 5.41) is 8.95. The Hall–Kier alpha value is -2.87. The Morgan fingerprint density at radius 2 is 1.91 bits per heavy atom. The van der Waals surface area contributed by atoms with E-state index < -0.39 is 0 Å². The van der Waals surface area contributed by atoms with Gasteiger partial charge >= 0.3 is 6.01 Å². The van der Waals surface area contributed by atoms with Gasteiger partial charge < -0.3 is 15.0 Å². The van der Waals surface area contributed by atoms with Crippen molar-refractivity contribution in [3.8, 4) is 11.8 Å². The van der Waals surface area contributed by atoms with Crippen molar-refractivity contribution in [2.75, 3.05) is 23.3 Å². The Bertz CT molecular complexity index is 1100. The quantitative estimate of drug-likeness (QED) is 0.534. The van der Waals surface area contributed by atoms with Gasteiger partial charge in [-0.25, -0.2) is 14.6 Å². The van der Waals surface area contributed by atoms with Crippen molar-refractivity contribution in [2.45, 2.75) is 46.2 Å². The summed E-state index contributed by atoms with van der Waals surface area (Å²) in [4.78, 5) is 15.8. The number of fused-ring (bicyclic) bond motifs is 2. The van der Waals surface area contributed by atoms with Gasteiger partial charge in [-0.05, 0) is 49.7 Å². The van der Waals surface area contributed by atoms with Crippen LogP contribution in [0.1, 0.15) is 32.4 Å². The average Bonchev–Trinajstić information content (AvgIpc) is 3.24. The Balaban J connectivity index is 1.33. The van der Waals surface area contributed by atoms with Gasteiger partial charge in [-0.2, -0.15) is 4.98 Å². The lowest BCUT2D eigenvalue weighted by atomic mass is 9.92. The summed E-state index contributed by atoms with van der Waals surface area (Å²) in [5.74, 6) is 3.66. The van der Waals surface area contributed by atoms with Crippen LogP contribution in [0.25, 0.3) is 0 Å². The molecule has 1 aliphatic heterocycles. The molecule has 2 fully saturated rings. The maximum Gasteiger partial charge on any atom is 0.322 e. The van der Waals surface area contributed by atoms with Crippen LogP contribution >= 0.6 is 11.6 Å². The number of halogens is 1. The molecule has 5 rings (SSSR count). The Kier molecular flexibility index (Phi) is 6.10. The number of para-hydroxylation sites is 1. The second-order valence-corrected chi connectivity index (χ2v) is 9.92. The minimum absolute atomic E-state index is 0.340. The minimum atomic E-state index is 0.340. The number of rotatable bonds is 7. The van der Waals surface area contributed by atoms with Crippen LogP contribution in [0.5, 0.6) is 11.8 Å². The summed E-state index contributed by atoms with van der Waals surface area (Å²) >= 11 is 6.30. The lowest BCUT2D eigenvalue weighted by Gasteiger charge is -2.38. The van der Waals surface area contributed by atoms with Crippen molar-refractivity contribution in [1.29, 1.82) is 0 Å². The summed E-state index contributed by atoms with van der Waals surface area (Å²) in [7, 11) is 0. The number of piperidine rings is 1. The molecule has 8 nitrogen and oxygen atoms in total. The van der Waals surface area contributed by atoms with Crippen molar-refractivity contribution in [1.82, 2.24) is 24.7 Å². The number of nitrogens with one attached hydrogen (secondary N) is 1. The molecule has 0 spiro atoms. The second-order valence-electron chi connectivity index (χ2n) is 9.52. The molecule has 1 N–H and O–H groups in total. The van der Waals surface area contributed by atoms with E-state index in [4.69, 9.17) is 26.4 Å². The number of hydrogen-bond donors (Lipinski definition) is 1. The molecule has 9 heteroatoms. The summed E-state index contributed by atoms with van der Waals surface area (Å²) in [5.41, 5.74) is 0.999. The van der Waals surface area contributed by atoms with E-state index in [9.17, 15) is 0 Å². The van der Waals surface area contributed by atoms with Crippen LogP contribution in [0.3, 0.4) is 0 Å². The fraction of sp³-hybridized carbons (Fsp3) is 0.500. The monoisotopic (exact) mass is 467 g/mol. The van der Waals surface area contributed by atoms with Crippen LogP contribution in [0.15, 0.2) is 36.7 Å². The average molecular weight is 468 g/mol. The van der Waals surface area contributed by atoms with Gasteiger partial charge in [0, 0.05) is 37.4 Å². The molecule has 1 saturated heterocycles. The molecule has 0 radical (unpaired) electrons. The van der Waals surface area contributed by atoms with Gasteiger partial charge in [-0.1, -0.05) is 37.6 Å². The molecule has 1 aliphatic carbocycles. The first kappa shape index (κ1) is 21.9. The van der Waals surface area contributed by atoms with Crippen LogP contribution in [-0.2, 0) is 6.54 Å². The van der Waals surface area contributed by atoms with Crippen LogP contribution < -0.4 is 15.0 Å². The maximum atomic E-state index is 6.30. The fourth-order valence-corrected chi connectivity index (χ4v) is 5.14. The van der Waals surface area contributed by atoms with Crippen LogP contribution in [-0.4, -0.2) is 43.9 Å². The van der Waals surface area contributed by atoms with Crippen LogP contribution in [0.2, 0.25) is 5.02 Å². The number of ether oxygens (including phenoxy) is 1. The van der Waals surface area contributed by atoms with Crippen molar-refractivity contribution < 1.29 is 4.74 Å². The highest BCUT2D eigenvalue weighted by atomic mass is 35.5. The van der Waals surface area contributed by atoms with Crippen molar-refractivity contribution in [2.24, 2.45) is 17.8 Å². The molecular formula is C24H30ClN7O. The number of aromatic nitrogens is 5. The van der Waals surface area contributed by atoms with Crippen molar-refractivity contribution in [3.63, 3.8) is 0 Å². The molecule has 2 bridgehead atoms. The van der Waals surface area contributed by atoms with E-state index in [-0.39, 0.29) is 0 Å². The third-order valence-electron chi connectivity index (χ3n) is 6.46. The first-order chi connectivity index (χ1) is 16.0. The first-order valence-corrected chi connectivity index (χ1v) is 12.0. The summed E-state index contributed by atoms with van der Waals surface area (Å²) < 4.78 is 7.89. The normalized spacial score (nSPS) is 22.1. The van der Waals surface area contributed by atoms with E-state index in [1.807, 2.05) is 35.9 Å². The van der Waals surface area contributed by atoms with Gasteiger partial charge in [0.25, 0.3) is 0 Å². The Labute approximate surface area is 199 Å². The molecule has 2 aromatic heterocycles. The zero-order valence-electron chi connectivity index (χ0n) is 19.3. The Morgan fingerprint density at radius 3 is 2.61 bits per heavy atom. The predicted octanol–water partition coefficient (Wildman–Crippen LogP) is 4.81. The van der Waals surface area contributed by atoms with Gasteiger partial charge in [0.2, 0.25) is 5.95 Å². The molecule has 3 heterocycles. The number of hydrogen-bond acceptors (Lipinski definition) is 7. The summed E-state index contributed by atoms with van der Waals surface area (Å²) in [6, 6.07) is 10.3. The number of benzene rings is 1. The van der Waals surface area contributed by atoms with Gasteiger partial charge in [-0.15, -0.1) is 5.10 Å². The van der Waals surface area contributed by atoms with Gasteiger partial charge in [-0.3, -0.25) is 0 Å². The van der Waals surface area contributed by atoms with Gasteiger partial charge in [0.1, 0.15) is 17.9 Å². The zero-order chi connectivity index (χ0) is 22.9. The highest BCUT2D eigenvalue weighted by Gasteiger charge is 2.43. The van der Waals surface area contributed by atoms with E-state index in [2.05, 4.69) is 40.1 Å². The van der Waals surface area contributed by atoms with E-state index in [0.717, 1.165) is 24.6 Å².